The van der Waals surface area contributed by atoms with Crippen molar-refractivity contribution in [2.75, 3.05) is 24.2 Å². The Morgan fingerprint density at radius 2 is 2.12 bits per heavy atom. The first-order valence-electron chi connectivity index (χ1n) is 8.92. The van der Waals surface area contributed by atoms with E-state index in [1.54, 1.807) is 18.0 Å². The van der Waals surface area contributed by atoms with Crippen LogP contribution in [0.25, 0.3) is 11.0 Å². The van der Waals surface area contributed by atoms with Gasteiger partial charge in [0.05, 0.1) is 18.1 Å². The van der Waals surface area contributed by atoms with Gasteiger partial charge < -0.3 is 10.6 Å². The van der Waals surface area contributed by atoms with E-state index in [-0.39, 0.29) is 5.91 Å². The molecule has 0 aliphatic carbocycles. The highest BCUT2D eigenvalue weighted by molar-refractivity contribution is 7.99. The van der Waals surface area contributed by atoms with Crippen molar-refractivity contribution in [3.8, 4) is 0 Å². The Hall–Kier alpha value is -1.83. The summed E-state index contributed by atoms with van der Waals surface area (Å²) in [6.45, 7) is 10.4. The molecule has 1 amide bonds. The highest BCUT2D eigenvalue weighted by Crippen LogP contribution is 2.24. The average molecular weight is 365 g/mol. The van der Waals surface area contributed by atoms with E-state index in [1.807, 2.05) is 11.6 Å². The lowest BCUT2D eigenvalue weighted by Gasteiger charge is -2.11. The lowest BCUT2D eigenvalue weighted by molar-refractivity contribution is -0.121. The second-order valence-corrected chi connectivity index (χ2v) is 7.50. The number of nitrogens with zero attached hydrogens (tertiary/aromatic N) is 4. The van der Waals surface area contributed by atoms with Crippen LogP contribution >= 0.6 is 11.8 Å². The molecule has 25 heavy (non-hydrogen) atoms. The van der Waals surface area contributed by atoms with E-state index >= 15 is 0 Å². The number of amides is 1. The van der Waals surface area contributed by atoms with Crippen LogP contribution in [0.3, 0.4) is 0 Å². The largest absolute Gasteiger partial charge is 0.369 e. The van der Waals surface area contributed by atoms with Gasteiger partial charge in [0.25, 0.3) is 0 Å². The van der Waals surface area contributed by atoms with Gasteiger partial charge in [0.2, 0.25) is 5.91 Å². The minimum atomic E-state index is 0.0788. The molecule has 0 saturated carbocycles. The fraction of sp³-hybridized carbons (Fsp3) is 0.647. The van der Waals surface area contributed by atoms with E-state index in [2.05, 4.69) is 46.5 Å². The number of hydrogen-bond acceptors (Lipinski definition) is 6. The van der Waals surface area contributed by atoms with Crippen molar-refractivity contribution < 1.29 is 4.79 Å². The van der Waals surface area contributed by atoms with Crippen LogP contribution < -0.4 is 10.6 Å². The first kappa shape index (κ1) is 19.5. The lowest BCUT2D eigenvalue weighted by atomic mass is 10.2. The molecule has 2 N–H and O–H groups in total. The highest BCUT2D eigenvalue weighted by atomic mass is 32.2. The summed E-state index contributed by atoms with van der Waals surface area (Å²) in [5.74, 6) is 2.35. The molecule has 0 radical (unpaired) electrons. The number of carbonyl (C=O) groups is 1. The third-order valence-electron chi connectivity index (χ3n) is 3.55. The van der Waals surface area contributed by atoms with Crippen molar-refractivity contribution in [3.63, 3.8) is 0 Å². The van der Waals surface area contributed by atoms with Crippen LogP contribution in [0.5, 0.6) is 0 Å². The number of aromatic nitrogens is 4. The summed E-state index contributed by atoms with van der Waals surface area (Å²) in [6.07, 6.45) is 3.21. The smallest absolute Gasteiger partial charge is 0.220 e. The molecule has 0 aliphatic rings. The van der Waals surface area contributed by atoms with E-state index in [1.165, 1.54) is 0 Å². The summed E-state index contributed by atoms with van der Waals surface area (Å²) in [5.41, 5.74) is 0.807. The fourth-order valence-electron chi connectivity index (χ4n) is 2.34. The molecule has 2 aromatic rings. The van der Waals surface area contributed by atoms with Crippen molar-refractivity contribution >= 4 is 34.5 Å². The molecule has 2 heterocycles. The summed E-state index contributed by atoms with van der Waals surface area (Å²) in [7, 11) is 0. The molecule has 0 fully saturated rings. The van der Waals surface area contributed by atoms with Crippen LogP contribution in [0.1, 0.15) is 40.5 Å². The molecule has 0 bridgehead atoms. The molecule has 0 atom stereocenters. The van der Waals surface area contributed by atoms with Gasteiger partial charge in [-0.1, -0.05) is 39.5 Å². The molecule has 7 nitrogen and oxygen atoms in total. The molecular weight excluding hydrogens is 336 g/mol. The molecule has 2 rings (SSSR count). The second-order valence-electron chi connectivity index (χ2n) is 6.27. The minimum absolute atomic E-state index is 0.0788. The SMILES string of the molecule is CCCC(=O)NCCn1ncc2c(NCC(C)C)nc(SCC)nc21. The van der Waals surface area contributed by atoms with E-state index in [4.69, 9.17) is 0 Å². The van der Waals surface area contributed by atoms with Gasteiger partial charge in [-0.25, -0.2) is 14.6 Å². The van der Waals surface area contributed by atoms with Gasteiger partial charge in [-0.3, -0.25) is 4.79 Å². The molecule has 0 unspecified atom stereocenters. The van der Waals surface area contributed by atoms with Crippen molar-refractivity contribution in [1.29, 1.82) is 0 Å². The third kappa shape index (κ3) is 5.59. The molecule has 0 aliphatic heterocycles. The number of anilines is 1. The van der Waals surface area contributed by atoms with Gasteiger partial charge in [-0.2, -0.15) is 5.10 Å². The van der Waals surface area contributed by atoms with Crippen molar-refractivity contribution in [3.05, 3.63) is 6.20 Å². The van der Waals surface area contributed by atoms with Gasteiger partial charge in [0, 0.05) is 19.5 Å². The molecule has 138 valence electrons. The molecule has 0 aromatic carbocycles. The number of thioether (sulfide) groups is 1. The van der Waals surface area contributed by atoms with Crippen LogP contribution in [-0.4, -0.2) is 44.5 Å². The predicted octanol–water partition coefficient (Wildman–Crippen LogP) is 2.92. The first-order valence-corrected chi connectivity index (χ1v) is 9.90. The van der Waals surface area contributed by atoms with Crippen LogP contribution in [0.4, 0.5) is 5.82 Å². The Balaban J connectivity index is 2.19. The summed E-state index contributed by atoms with van der Waals surface area (Å²) in [5, 5.41) is 12.4. The Labute approximate surface area is 153 Å². The van der Waals surface area contributed by atoms with Gasteiger partial charge in [0.1, 0.15) is 5.82 Å². The highest BCUT2D eigenvalue weighted by Gasteiger charge is 2.13. The third-order valence-corrected chi connectivity index (χ3v) is 4.28. The first-order chi connectivity index (χ1) is 12.0. The monoisotopic (exact) mass is 364 g/mol. The number of nitrogens with one attached hydrogen (secondary N) is 2. The maximum absolute atomic E-state index is 11.6. The number of hydrogen-bond donors (Lipinski definition) is 2. The molecule has 0 saturated heterocycles. The Morgan fingerprint density at radius 1 is 1.32 bits per heavy atom. The lowest BCUT2D eigenvalue weighted by Crippen LogP contribution is -2.27. The van der Waals surface area contributed by atoms with Gasteiger partial charge in [0.15, 0.2) is 10.8 Å². The fourth-order valence-corrected chi connectivity index (χ4v) is 2.91. The quantitative estimate of drug-likeness (QED) is 0.498. The molecule has 8 heteroatoms. The van der Waals surface area contributed by atoms with E-state index in [0.29, 0.717) is 25.4 Å². The number of carbonyl (C=O) groups excluding carboxylic acids is 1. The van der Waals surface area contributed by atoms with Gasteiger partial charge in [-0.15, -0.1) is 0 Å². The second kappa shape index (κ2) is 9.60. The summed E-state index contributed by atoms with van der Waals surface area (Å²) in [6, 6.07) is 0. The maximum Gasteiger partial charge on any atom is 0.220 e. The average Bonchev–Trinajstić information content (AvgIpc) is 2.96. The zero-order valence-electron chi connectivity index (χ0n) is 15.5. The zero-order chi connectivity index (χ0) is 18.2. The summed E-state index contributed by atoms with van der Waals surface area (Å²) >= 11 is 1.61. The van der Waals surface area contributed by atoms with Crippen LogP contribution in [0.15, 0.2) is 11.4 Å². The van der Waals surface area contributed by atoms with Crippen molar-refractivity contribution in [2.45, 2.75) is 52.2 Å². The standard InChI is InChI=1S/C17H28N6OS/c1-5-7-14(24)18-8-9-23-16-13(11-20-23)15(19-10-12(3)4)21-17(22-16)25-6-2/h11-12H,5-10H2,1-4H3,(H,18,24)(H,19,21,22). The Bertz CT molecular complexity index is 700. The van der Waals surface area contributed by atoms with Crippen LogP contribution in [0.2, 0.25) is 0 Å². The topological polar surface area (TPSA) is 84.7 Å². The van der Waals surface area contributed by atoms with Crippen LogP contribution in [0, 0.1) is 5.92 Å². The predicted molar refractivity (Wildman–Crippen MR) is 103 cm³/mol. The minimum Gasteiger partial charge on any atom is -0.369 e. The van der Waals surface area contributed by atoms with E-state index in [0.717, 1.165) is 40.7 Å². The maximum atomic E-state index is 11.6. The number of rotatable bonds is 10. The summed E-state index contributed by atoms with van der Waals surface area (Å²) < 4.78 is 1.84. The van der Waals surface area contributed by atoms with Gasteiger partial charge >= 0.3 is 0 Å². The molecule has 2 aromatic heterocycles. The Kier molecular flexibility index (Phi) is 7.49. The Morgan fingerprint density at radius 3 is 2.80 bits per heavy atom. The normalized spacial score (nSPS) is 11.2. The summed E-state index contributed by atoms with van der Waals surface area (Å²) in [4.78, 5) is 20.9. The van der Waals surface area contributed by atoms with E-state index < -0.39 is 0 Å². The van der Waals surface area contributed by atoms with Crippen molar-refractivity contribution in [1.82, 2.24) is 25.1 Å². The van der Waals surface area contributed by atoms with E-state index in [9.17, 15) is 4.79 Å². The van der Waals surface area contributed by atoms with Crippen molar-refractivity contribution in [2.24, 2.45) is 5.92 Å². The van der Waals surface area contributed by atoms with Gasteiger partial charge in [-0.05, 0) is 18.1 Å². The zero-order valence-corrected chi connectivity index (χ0v) is 16.3. The number of fused-ring (bicyclic) bond motifs is 1. The molecular formula is C17H28N6OS. The van der Waals surface area contributed by atoms with Crippen LogP contribution in [-0.2, 0) is 11.3 Å². The molecule has 0 spiro atoms.